The molecule has 2 aliphatic rings. The summed E-state index contributed by atoms with van der Waals surface area (Å²) in [6.07, 6.45) is -3.72. The van der Waals surface area contributed by atoms with Crippen molar-refractivity contribution in [3.63, 3.8) is 0 Å². The van der Waals surface area contributed by atoms with Crippen LogP contribution in [0.5, 0.6) is 5.75 Å². The Labute approximate surface area is 144 Å². The predicted octanol–water partition coefficient (Wildman–Crippen LogP) is 2.44. The number of ether oxygens (including phenoxy) is 2. The van der Waals surface area contributed by atoms with Crippen LogP contribution in [0.2, 0.25) is 0 Å². The van der Waals surface area contributed by atoms with E-state index >= 15 is 0 Å². The number of alkyl halides is 3. The van der Waals surface area contributed by atoms with E-state index in [1.165, 1.54) is 25.1 Å². The summed E-state index contributed by atoms with van der Waals surface area (Å²) in [6, 6.07) is 4.45. The van der Waals surface area contributed by atoms with Gasteiger partial charge in [-0.05, 0) is 37.1 Å². The van der Waals surface area contributed by atoms with Crippen LogP contribution in [0.25, 0.3) is 0 Å². The molecule has 5 nitrogen and oxygen atoms in total. The molecule has 2 fully saturated rings. The third-order valence-corrected chi connectivity index (χ3v) is 4.67. The van der Waals surface area contributed by atoms with Crippen LogP contribution in [0, 0.1) is 6.92 Å². The predicted molar refractivity (Wildman–Crippen MR) is 84.6 cm³/mol. The lowest BCUT2D eigenvalue weighted by atomic mass is 10.1. The molecule has 0 radical (unpaired) electrons. The highest BCUT2D eigenvalue weighted by Crippen LogP contribution is 2.27. The Kier molecular flexibility index (Phi) is 5.19. The number of nitrogens with zero attached hydrogens (tertiary/aromatic N) is 2. The van der Waals surface area contributed by atoms with Crippen LogP contribution in [0.3, 0.4) is 0 Å². The number of halogens is 3. The van der Waals surface area contributed by atoms with Crippen LogP contribution in [0.4, 0.5) is 13.2 Å². The van der Waals surface area contributed by atoms with Gasteiger partial charge in [-0.25, -0.2) is 0 Å². The van der Waals surface area contributed by atoms with Gasteiger partial charge in [-0.3, -0.25) is 9.69 Å². The molecule has 1 aromatic rings. The lowest BCUT2D eigenvalue weighted by Gasteiger charge is -2.37. The molecule has 8 heteroatoms. The Morgan fingerprint density at radius 1 is 1.24 bits per heavy atom. The number of carbonyl (C=O) groups is 1. The van der Waals surface area contributed by atoms with Gasteiger partial charge in [0.15, 0.2) is 0 Å². The smallest absolute Gasteiger partial charge is 0.406 e. The Bertz CT molecular complexity index is 622. The van der Waals surface area contributed by atoms with Crippen LogP contribution in [0.1, 0.15) is 22.3 Å². The van der Waals surface area contributed by atoms with Crippen molar-refractivity contribution in [1.29, 1.82) is 0 Å². The summed E-state index contributed by atoms with van der Waals surface area (Å²) in [4.78, 5) is 16.7. The van der Waals surface area contributed by atoms with Crippen molar-refractivity contribution in [1.82, 2.24) is 9.80 Å². The molecule has 1 unspecified atom stereocenters. The molecule has 1 aromatic carbocycles. The fraction of sp³-hybridized carbons (Fsp3) is 0.588. The fourth-order valence-corrected chi connectivity index (χ4v) is 3.30. The van der Waals surface area contributed by atoms with E-state index in [0.717, 1.165) is 32.7 Å². The van der Waals surface area contributed by atoms with Crippen molar-refractivity contribution in [2.75, 3.05) is 39.4 Å². The summed E-state index contributed by atoms with van der Waals surface area (Å²) >= 11 is 0. The van der Waals surface area contributed by atoms with E-state index in [1.807, 2.05) is 0 Å². The number of aryl methyl sites for hydroxylation is 1. The maximum absolute atomic E-state index is 12.6. The SMILES string of the molecule is Cc1cc(C(=O)N2CCN(C3CCOC3)CC2)ccc1OC(F)(F)F. The van der Waals surface area contributed by atoms with Gasteiger partial charge in [-0.1, -0.05) is 0 Å². The number of rotatable bonds is 3. The molecule has 25 heavy (non-hydrogen) atoms. The van der Waals surface area contributed by atoms with Gasteiger partial charge in [0, 0.05) is 44.4 Å². The molecule has 0 spiro atoms. The van der Waals surface area contributed by atoms with E-state index in [-0.39, 0.29) is 17.2 Å². The van der Waals surface area contributed by atoms with Gasteiger partial charge in [0.25, 0.3) is 5.91 Å². The number of benzene rings is 1. The second kappa shape index (κ2) is 7.21. The van der Waals surface area contributed by atoms with Crippen LogP contribution >= 0.6 is 0 Å². The quantitative estimate of drug-likeness (QED) is 0.832. The minimum Gasteiger partial charge on any atom is -0.406 e. The molecule has 0 aromatic heterocycles. The van der Waals surface area contributed by atoms with Gasteiger partial charge in [0.1, 0.15) is 5.75 Å². The summed E-state index contributed by atoms with van der Waals surface area (Å²) in [6.45, 7) is 5.81. The normalized spacial score (nSPS) is 22.2. The maximum Gasteiger partial charge on any atom is 0.573 e. The van der Waals surface area contributed by atoms with E-state index in [0.29, 0.717) is 24.7 Å². The maximum atomic E-state index is 12.6. The van der Waals surface area contributed by atoms with Crippen molar-refractivity contribution < 1.29 is 27.4 Å². The highest BCUT2D eigenvalue weighted by molar-refractivity contribution is 5.94. The van der Waals surface area contributed by atoms with Crippen molar-refractivity contribution in [2.24, 2.45) is 0 Å². The Hall–Kier alpha value is -1.80. The molecule has 1 atom stereocenters. The molecule has 0 bridgehead atoms. The van der Waals surface area contributed by atoms with Crippen molar-refractivity contribution in [3.8, 4) is 5.75 Å². The number of hydrogen-bond donors (Lipinski definition) is 0. The monoisotopic (exact) mass is 358 g/mol. The number of amides is 1. The molecule has 2 saturated heterocycles. The van der Waals surface area contributed by atoms with E-state index in [2.05, 4.69) is 9.64 Å². The minimum atomic E-state index is -4.74. The van der Waals surface area contributed by atoms with E-state index in [4.69, 9.17) is 4.74 Å². The van der Waals surface area contributed by atoms with Crippen molar-refractivity contribution >= 4 is 5.91 Å². The van der Waals surface area contributed by atoms with E-state index in [1.54, 1.807) is 4.90 Å². The van der Waals surface area contributed by atoms with Crippen LogP contribution in [-0.4, -0.2) is 67.5 Å². The van der Waals surface area contributed by atoms with Crippen molar-refractivity contribution in [2.45, 2.75) is 25.7 Å². The van der Waals surface area contributed by atoms with Crippen LogP contribution in [0.15, 0.2) is 18.2 Å². The zero-order valence-corrected chi connectivity index (χ0v) is 14.0. The summed E-state index contributed by atoms with van der Waals surface area (Å²) in [5, 5.41) is 0. The highest BCUT2D eigenvalue weighted by atomic mass is 19.4. The molecular formula is C17H21F3N2O3. The Morgan fingerprint density at radius 3 is 2.52 bits per heavy atom. The van der Waals surface area contributed by atoms with Gasteiger partial charge in [0.2, 0.25) is 0 Å². The summed E-state index contributed by atoms with van der Waals surface area (Å²) in [5.74, 6) is -0.445. The van der Waals surface area contributed by atoms with Gasteiger partial charge in [0.05, 0.1) is 6.61 Å². The summed E-state index contributed by atoms with van der Waals surface area (Å²) < 4.78 is 46.3. The number of hydrogen-bond acceptors (Lipinski definition) is 4. The van der Waals surface area contributed by atoms with Gasteiger partial charge in [-0.2, -0.15) is 0 Å². The molecular weight excluding hydrogens is 337 g/mol. The number of piperazine rings is 1. The van der Waals surface area contributed by atoms with Gasteiger partial charge < -0.3 is 14.4 Å². The topological polar surface area (TPSA) is 42.0 Å². The van der Waals surface area contributed by atoms with Crippen LogP contribution < -0.4 is 4.74 Å². The molecule has 0 aliphatic carbocycles. The third kappa shape index (κ3) is 4.43. The average molecular weight is 358 g/mol. The standard InChI is InChI=1S/C17H21F3N2O3/c1-12-10-13(2-3-15(12)25-17(18,19)20)16(23)22-7-5-21(6-8-22)14-4-9-24-11-14/h2-3,10,14H,4-9,11H2,1H3. The molecule has 2 aliphatic heterocycles. The lowest BCUT2D eigenvalue weighted by Crippen LogP contribution is -2.52. The van der Waals surface area contributed by atoms with Crippen LogP contribution in [-0.2, 0) is 4.74 Å². The zero-order chi connectivity index (χ0) is 18.0. The molecule has 1 amide bonds. The van der Waals surface area contributed by atoms with Gasteiger partial charge >= 0.3 is 6.36 Å². The largest absolute Gasteiger partial charge is 0.573 e. The fourth-order valence-electron chi connectivity index (χ4n) is 3.30. The molecule has 0 N–H and O–H groups in total. The second-order valence-corrected chi connectivity index (χ2v) is 6.37. The van der Waals surface area contributed by atoms with Gasteiger partial charge in [-0.15, -0.1) is 13.2 Å². The Morgan fingerprint density at radius 2 is 1.96 bits per heavy atom. The number of carbonyl (C=O) groups excluding carboxylic acids is 1. The molecule has 3 rings (SSSR count). The first-order valence-corrected chi connectivity index (χ1v) is 8.31. The summed E-state index contributed by atoms with van der Waals surface area (Å²) in [5.41, 5.74) is 0.662. The average Bonchev–Trinajstić information content (AvgIpc) is 3.09. The Balaban J connectivity index is 1.60. The van der Waals surface area contributed by atoms with E-state index < -0.39 is 6.36 Å². The first-order valence-electron chi connectivity index (χ1n) is 8.31. The minimum absolute atomic E-state index is 0.163. The van der Waals surface area contributed by atoms with E-state index in [9.17, 15) is 18.0 Å². The van der Waals surface area contributed by atoms with Crippen molar-refractivity contribution in [3.05, 3.63) is 29.3 Å². The molecule has 2 heterocycles. The lowest BCUT2D eigenvalue weighted by molar-refractivity contribution is -0.274. The highest BCUT2D eigenvalue weighted by Gasteiger charge is 2.32. The molecule has 0 saturated carbocycles. The third-order valence-electron chi connectivity index (χ3n) is 4.67. The summed E-state index contributed by atoms with van der Waals surface area (Å²) in [7, 11) is 0. The first kappa shape index (κ1) is 18.0. The molecule has 138 valence electrons. The second-order valence-electron chi connectivity index (χ2n) is 6.37. The zero-order valence-electron chi connectivity index (χ0n) is 14.0. The first-order chi connectivity index (χ1) is 11.8.